The standard InChI is InChI=1S/C20H28N2O2/c1-3-5-6-7-8-9-19-21(4-2)14-15-22(19)16-17-10-12-18(13-11-17)20(23)24/h10-15H,3-9,16H2,1-2H3. The van der Waals surface area contributed by atoms with E-state index in [0.29, 0.717) is 0 Å². The quantitative estimate of drug-likeness (QED) is 0.497. The second-order valence-corrected chi connectivity index (χ2v) is 6.28. The normalized spacial score (nSPS) is 10.9. The van der Waals surface area contributed by atoms with Gasteiger partial charge in [-0.15, -0.1) is 0 Å². The van der Waals surface area contributed by atoms with Crippen molar-refractivity contribution in [2.75, 3.05) is 0 Å². The topological polar surface area (TPSA) is 48.9 Å². The van der Waals surface area contributed by atoms with Gasteiger partial charge in [-0.3, -0.25) is 0 Å². The molecule has 0 unspecified atom stereocenters. The van der Waals surface area contributed by atoms with Gasteiger partial charge < -0.3 is 9.90 Å². The maximum atomic E-state index is 10.8. The Morgan fingerprint density at radius 3 is 2.42 bits per heavy atom. The molecule has 0 atom stereocenters. The first-order valence-electron chi connectivity index (χ1n) is 9.03. The minimum Gasteiger partial charge on any atom is -0.545 e. The highest BCUT2D eigenvalue weighted by Gasteiger charge is 2.16. The third-order valence-electron chi connectivity index (χ3n) is 4.48. The zero-order valence-corrected chi connectivity index (χ0v) is 14.8. The van der Waals surface area contributed by atoms with Gasteiger partial charge in [0.15, 0.2) is 0 Å². The van der Waals surface area contributed by atoms with E-state index in [-0.39, 0.29) is 5.56 Å². The van der Waals surface area contributed by atoms with Crippen LogP contribution in [0.25, 0.3) is 0 Å². The second-order valence-electron chi connectivity index (χ2n) is 6.28. The van der Waals surface area contributed by atoms with Crippen LogP contribution in [-0.2, 0) is 19.5 Å². The lowest BCUT2D eigenvalue weighted by Gasteiger charge is -2.06. The zero-order chi connectivity index (χ0) is 17.4. The Balaban J connectivity index is 2.03. The molecule has 0 bridgehead atoms. The molecule has 2 rings (SSSR count). The minimum absolute atomic E-state index is 0.228. The number of carboxylic acids is 1. The number of nitrogens with zero attached hydrogens (tertiary/aromatic N) is 2. The molecule has 1 heterocycles. The molecular formula is C20H28N2O2. The van der Waals surface area contributed by atoms with Crippen molar-refractivity contribution < 1.29 is 14.5 Å². The minimum atomic E-state index is -1.13. The molecule has 0 aliphatic rings. The summed E-state index contributed by atoms with van der Waals surface area (Å²) in [5, 5.41) is 10.8. The first-order chi connectivity index (χ1) is 11.7. The number of carbonyl (C=O) groups is 1. The van der Waals surface area contributed by atoms with Crippen LogP contribution in [0.5, 0.6) is 0 Å². The average Bonchev–Trinajstić information content (AvgIpc) is 2.97. The highest BCUT2D eigenvalue weighted by Crippen LogP contribution is 2.09. The summed E-state index contributed by atoms with van der Waals surface area (Å²) in [5.41, 5.74) is 1.33. The predicted octanol–water partition coefficient (Wildman–Crippen LogP) is 2.72. The van der Waals surface area contributed by atoms with E-state index in [2.05, 4.69) is 35.4 Å². The Labute approximate surface area is 144 Å². The summed E-state index contributed by atoms with van der Waals surface area (Å²) in [5.74, 6) is 0.220. The van der Waals surface area contributed by atoms with Crippen LogP contribution in [0.4, 0.5) is 0 Å². The van der Waals surface area contributed by atoms with E-state index in [9.17, 15) is 9.90 Å². The third kappa shape index (κ3) is 4.95. The van der Waals surface area contributed by atoms with E-state index >= 15 is 0 Å². The summed E-state index contributed by atoms with van der Waals surface area (Å²) in [6.45, 7) is 6.15. The molecule has 0 saturated carbocycles. The number of aryl methyl sites for hydroxylation is 1. The predicted molar refractivity (Wildman–Crippen MR) is 92.6 cm³/mol. The maximum Gasteiger partial charge on any atom is 0.256 e. The van der Waals surface area contributed by atoms with Crippen molar-refractivity contribution in [3.05, 3.63) is 53.6 Å². The molecule has 0 saturated heterocycles. The number of unbranched alkanes of at least 4 members (excludes halogenated alkanes) is 4. The number of carbonyl (C=O) groups excluding carboxylic acids is 1. The van der Waals surface area contributed by atoms with Crippen LogP contribution in [-0.4, -0.2) is 10.5 Å². The lowest BCUT2D eigenvalue weighted by Crippen LogP contribution is -2.37. The Hall–Kier alpha value is -2.10. The van der Waals surface area contributed by atoms with Gasteiger partial charge in [-0.05, 0) is 24.5 Å². The lowest BCUT2D eigenvalue weighted by atomic mass is 10.1. The molecule has 24 heavy (non-hydrogen) atoms. The molecule has 4 nitrogen and oxygen atoms in total. The highest BCUT2D eigenvalue weighted by molar-refractivity contribution is 5.85. The van der Waals surface area contributed by atoms with Gasteiger partial charge in [-0.25, -0.2) is 9.13 Å². The van der Waals surface area contributed by atoms with Crippen molar-refractivity contribution >= 4 is 5.97 Å². The number of hydrogen-bond acceptors (Lipinski definition) is 2. The maximum absolute atomic E-state index is 10.8. The van der Waals surface area contributed by atoms with E-state index in [1.807, 2.05) is 12.1 Å². The van der Waals surface area contributed by atoms with E-state index in [1.54, 1.807) is 12.1 Å². The van der Waals surface area contributed by atoms with Gasteiger partial charge in [0.2, 0.25) is 0 Å². The molecular weight excluding hydrogens is 300 g/mol. The molecule has 0 fully saturated rings. The smallest absolute Gasteiger partial charge is 0.256 e. The van der Waals surface area contributed by atoms with Crippen molar-refractivity contribution in [1.82, 2.24) is 4.57 Å². The van der Waals surface area contributed by atoms with Crippen molar-refractivity contribution in [3.8, 4) is 0 Å². The van der Waals surface area contributed by atoms with Gasteiger partial charge in [-0.2, -0.15) is 0 Å². The van der Waals surface area contributed by atoms with E-state index in [4.69, 9.17) is 0 Å². The monoisotopic (exact) mass is 328 g/mol. The van der Waals surface area contributed by atoms with Crippen LogP contribution in [0, 0.1) is 0 Å². The number of aromatic carboxylic acids is 1. The zero-order valence-electron chi connectivity index (χ0n) is 14.8. The molecule has 1 aromatic heterocycles. The fourth-order valence-electron chi connectivity index (χ4n) is 3.05. The summed E-state index contributed by atoms with van der Waals surface area (Å²) >= 11 is 0. The first kappa shape index (κ1) is 18.2. The highest BCUT2D eigenvalue weighted by atomic mass is 16.4. The van der Waals surface area contributed by atoms with Crippen LogP contribution < -0.4 is 9.67 Å². The van der Waals surface area contributed by atoms with E-state index in [0.717, 1.165) is 25.1 Å². The molecule has 0 N–H and O–H groups in total. The number of benzene rings is 1. The number of carboxylic acid groups (broad SMARTS) is 1. The largest absolute Gasteiger partial charge is 0.545 e. The Bertz CT molecular complexity index is 644. The third-order valence-corrected chi connectivity index (χ3v) is 4.48. The van der Waals surface area contributed by atoms with Crippen molar-refractivity contribution in [3.63, 3.8) is 0 Å². The molecule has 0 amide bonds. The first-order valence-corrected chi connectivity index (χ1v) is 9.03. The summed E-state index contributed by atoms with van der Waals surface area (Å²) in [4.78, 5) is 10.8. The molecule has 2 aromatic rings. The molecule has 130 valence electrons. The van der Waals surface area contributed by atoms with Crippen LogP contribution in [0.3, 0.4) is 0 Å². The summed E-state index contributed by atoms with van der Waals surface area (Å²) in [6.07, 6.45) is 11.7. The van der Waals surface area contributed by atoms with Crippen LogP contribution in [0.2, 0.25) is 0 Å². The Kier molecular flexibility index (Phi) is 7.04. The summed E-state index contributed by atoms with van der Waals surface area (Å²) in [7, 11) is 0. The van der Waals surface area contributed by atoms with Gasteiger partial charge in [-0.1, -0.05) is 56.9 Å². The van der Waals surface area contributed by atoms with Gasteiger partial charge in [0.1, 0.15) is 18.9 Å². The van der Waals surface area contributed by atoms with Crippen LogP contribution >= 0.6 is 0 Å². The number of rotatable bonds is 10. The number of aromatic nitrogens is 2. The van der Waals surface area contributed by atoms with Crippen molar-refractivity contribution in [1.29, 1.82) is 0 Å². The molecule has 4 heteroatoms. The Morgan fingerprint density at radius 2 is 1.79 bits per heavy atom. The van der Waals surface area contributed by atoms with Gasteiger partial charge in [0, 0.05) is 6.42 Å². The van der Waals surface area contributed by atoms with Gasteiger partial charge in [0.05, 0.1) is 12.5 Å². The lowest BCUT2D eigenvalue weighted by molar-refractivity contribution is -0.695. The molecule has 0 aliphatic heterocycles. The van der Waals surface area contributed by atoms with E-state index in [1.165, 1.54) is 37.9 Å². The van der Waals surface area contributed by atoms with Crippen LogP contribution in [0.15, 0.2) is 36.7 Å². The van der Waals surface area contributed by atoms with Crippen LogP contribution in [0.1, 0.15) is 67.7 Å². The number of imidazole rings is 1. The average molecular weight is 328 g/mol. The fraction of sp³-hybridized carbons (Fsp3) is 0.500. The summed E-state index contributed by atoms with van der Waals surface area (Å²) < 4.78 is 4.58. The Morgan fingerprint density at radius 1 is 1.08 bits per heavy atom. The van der Waals surface area contributed by atoms with E-state index < -0.39 is 5.97 Å². The second kappa shape index (κ2) is 9.26. The molecule has 0 aliphatic carbocycles. The van der Waals surface area contributed by atoms with Crippen molar-refractivity contribution in [2.24, 2.45) is 0 Å². The number of hydrogen-bond donors (Lipinski definition) is 0. The van der Waals surface area contributed by atoms with Gasteiger partial charge in [0.25, 0.3) is 5.82 Å². The fourth-order valence-corrected chi connectivity index (χ4v) is 3.05. The van der Waals surface area contributed by atoms with Crippen molar-refractivity contribution in [2.45, 2.75) is 65.5 Å². The molecule has 0 spiro atoms. The SMILES string of the molecule is CCCCCCCc1n(CC)cc[n+]1Cc1ccc(C(=O)[O-])cc1. The molecule has 1 aromatic carbocycles. The molecule has 0 radical (unpaired) electrons. The summed E-state index contributed by atoms with van der Waals surface area (Å²) in [6, 6.07) is 6.97. The van der Waals surface area contributed by atoms with Gasteiger partial charge >= 0.3 is 0 Å².